The Morgan fingerprint density at radius 3 is 2.21 bits per heavy atom. The zero-order chi connectivity index (χ0) is 18.2. The first-order valence-corrected chi connectivity index (χ1v) is 7.78. The van der Waals surface area contributed by atoms with Gasteiger partial charge >= 0.3 is 23.8 Å². The van der Waals surface area contributed by atoms with E-state index in [-0.39, 0.29) is 18.1 Å². The van der Waals surface area contributed by atoms with Gasteiger partial charge in [-0.15, -0.1) is 0 Å². The molecule has 0 atom stereocenters. The van der Waals surface area contributed by atoms with Gasteiger partial charge in [-0.25, -0.2) is 9.59 Å². The zero-order valence-corrected chi connectivity index (χ0v) is 13.6. The van der Waals surface area contributed by atoms with Crippen molar-refractivity contribution in [3.05, 3.63) is 12.2 Å². The van der Waals surface area contributed by atoms with Gasteiger partial charge in [0.05, 0.1) is 5.92 Å². The van der Waals surface area contributed by atoms with E-state index in [0.29, 0.717) is 12.8 Å². The summed E-state index contributed by atoms with van der Waals surface area (Å²) in [5.41, 5.74) is 0.140. The Morgan fingerprint density at radius 2 is 1.62 bits per heavy atom. The van der Waals surface area contributed by atoms with Crippen LogP contribution in [-0.2, 0) is 28.6 Å². The summed E-state index contributed by atoms with van der Waals surface area (Å²) >= 11 is 0. The molecule has 0 saturated heterocycles. The second-order valence-corrected chi connectivity index (χ2v) is 5.70. The third-order valence-electron chi connectivity index (χ3n) is 3.53. The van der Waals surface area contributed by atoms with Crippen LogP contribution in [-0.4, -0.2) is 43.7 Å². The fraction of sp³-hybridized carbons (Fsp3) is 0.688. The van der Waals surface area contributed by atoms with Crippen molar-refractivity contribution < 1.29 is 37.4 Å². The lowest BCUT2D eigenvalue weighted by Crippen LogP contribution is -2.38. The maximum atomic E-state index is 13.6. The van der Waals surface area contributed by atoms with Crippen LogP contribution in [0.5, 0.6) is 0 Å². The molecule has 24 heavy (non-hydrogen) atoms. The molecule has 136 valence electrons. The molecule has 8 heteroatoms. The first kappa shape index (κ1) is 20.1. The lowest BCUT2D eigenvalue weighted by Gasteiger charge is -2.21. The molecule has 0 amide bonds. The van der Waals surface area contributed by atoms with Crippen LogP contribution in [0.25, 0.3) is 0 Å². The van der Waals surface area contributed by atoms with Crippen LogP contribution >= 0.6 is 0 Å². The molecule has 1 rings (SSSR count). The number of carbonyl (C=O) groups is 3. The minimum absolute atomic E-state index is 0.140. The molecule has 0 aromatic heterocycles. The highest BCUT2D eigenvalue weighted by atomic mass is 19.3. The fourth-order valence-electron chi connectivity index (χ4n) is 2.17. The standard InChI is InChI=1S/C16H22F2O6/c1-11(2)13(19)22-8-9-23-15(21)16(17,18)10-24-14(20)12-6-4-3-5-7-12/h12H,1,3-10H2,2H3. The molecular formula is C16H22F2O6. The van der Waals surface area contributed by atoms with Gasteiger partial charge in [0.2, 0.25) is 0 Å². The van der Waals surface area contributed by atoms with Gasteiger partial charge in [-0.1, -0.05) is 25.8 Å². The van der Waals surface area contributed by atoms with Crippen molar-refractivity contribution in [3.63, 3.8) is 0 Å². The summed E-state index contributed by atoms with van der Waals surface area (Å²) in [7, 11) is 0. The van der Waals surface area contributed by atoms with E-state index in [1.165, 1.54) is 6.92 Å². The maximum absolute atomic E-state index is 13.6. The van der Waals surface area contributed by atoms with Gasteiger partial charge in [-0.2, -0.15) is 8.78 Å². The van der Waals surface area contributed by atoms with Gasteiger partial charge in [0.15, 0.2) is 6.61 Å². The number of alkyl halides is 2. The van der Waals surface area contributed by atoms with Crippen molar-refractivity contribution in [2.24, 2.45) is 5.92 Å². The molecule has 0 unspecified atom stereocenters. The number of hydrogen-bond acceptors (Lipinski definition) is 6. The van der Waals surface area contributed by atoms with Crippen LogP contribution in [0.1, 0.15) is 39.0 Å². The van der Waals surface area contributed by atoms with E-state index < -0.39 is 37.0 Å². The molecule has 0 N–H and O–H groups in total. The Labute approximate surface area is 139 Å². The summed E-state index contributed by atoms with van der Waals surface area (Å²) in [6.07, 6.45) is 3.97. The zero-order valence-electron chi connectivity index (χ0n) is 13.6. The minimum atomic E-state index is -3.94. The highest BCUT2D eigenvalue weighted by Gasteiger charge is 2.43. The quantitative estimate of drug-likeness (QED) is 0.290. The summed E-state index contributed by atoms with van der Waals surface area (Å²) in [4.78, 5) is 34.0. The molecule has 0 aliphatic heterocycles. The van der Waals surface area contributed by atoms with Crippen LogP contribution in [0.15, 0.2) is 12.2 Å². The van der Waals surface area contributed by atoms with Crippen LogP contribution in [0.3, 0.4) is 0 Å². The van der Waals surface area contributed by atoms with Crippen LogP contribution < -0.4 is 0 Å². The Hall–Kier alpha value is -1.99. The lowest BCUT2D eigenvalue weighted by molar-refractivity contribution is -0.186. The summed E-state index contributed by atoms with van der Waals surface area (Å²) in [5, 5.41) is 0. The van der Waals surface area contributed by atoms with Crippen LogP contribution in [0, 0.1) is 5.92 Å². The molecule has 6 nitrogen and oxygen atoms in total. The average Bonchev–Trinajstić information content (AvgIpc) is 2.56. The predicted molar refractivity (Wildman–Crippen MR) is 79.2 cm³/mol. The van der Waals surface area contributed by atoms with Crippen molar-refractivity contribution >= 4 is 17.9 Å². The van der Waals surface area contributed by atoms with E-state index in [0.717, 1.165) is 19.3 Å². The largest absolute Gasteiger partial charge is 0.459 e. The number of hydrogen-bond donors (Lipinski definition) is 0. The van der Waals surface area contributed by atoms with Crippen LogP contribution in [0.4, 0.5) is 8.78 Å². The Kier molecular flexibility index (Phi) is 7.81. The van der Waals surface area contributed by atoms with E-state index in [1.54, 1.807) is 0 Å². The van der Waals surface area contributed by atoms with E-state index >= 15 is 0 Å². The van der Waals surface area contributed by atoms with Gasteiger partial charge in [-0.3, -0.25) is 4.79 Å². The highest BCUT2D eigenvalue weighted by molar-refractivity contribution is 5.86. The van der Waals surface area contributed by atoms with E-state index in [2.05, 4.69) is 20.8 Å². The summed E-state index contributed by atoms with van der Waals surface area (Å²) in [6, 6.07) is 0. The van der Waals surface area contributed by atoms with Crippen molar-refractivity contribution in [2.45, 2.75) is 45.0 Å². The number of rotatable bonds is 8. The SMILES string of the molecule is C=C(C)C(=O)OCCOC(=O)C(F)(F)COC(=O)C1CCCCC1. The predicted octanol–water partition coefficient (Wildman–Crippen LogP) is 2.41. The molecular weight excluding hydrogens is 326 g/mol. The minimum Gasteiger partial charge on any atom is -0.459 e. The van der Waals surface area contributed by atoms with Gasteiger partial charge in [0.1, 0.15) is 13.2 Å². The van der Waals surface area contributed by atoms with E-state index in [9.17, 15) is 23.2 Å². The maximum Gasteiger partial charge on any atom is 0.380 e. The molecule has 1 aliphatic carbocycles. The van der Waals surface area contributed by atoms with Gasteiger partial charge in [0.25, 0.3) is 0 Å². The normalized spacial score (nSPS) is 15.5. The highest BCUT2D eigenvalue weighted by Crippen LogP contribution is 2.25. The van der Waals surface area contributed by atoms with Crippen molar-refractivity contribution in [3.8, 4) is 0 Å². The molecule has 0 spiro atoms. The second-order valence-electron chi connectivity index (χ2n) is 5.70. The topological polar surface area (TPSA) is 78.9 Å². The van der Waals surface area contributed by atoms with Crippen molar-refractivity contribution in [1.82, 2.24) is 0 Å². The molecule has 1 aliphatic rings. The van der Waals surface area contributed by atoms with Gasteiger partial charge in [-0.05, 0) is 19.8 Å². The molecule has 1 saturated carbocycles. The summed E-state index contributed by atoms with van der Waals surface area (Å²) in [6.45, 7) is 2.51. The summed E-state index contributed by atoms with van der Waals surface area (Å²) < 4.78 is 40.7. The molecule has 0 radical (unpaired) electrons. The average molecular weight is 348 g/mol. The van der Waals surface area contributed by atoms with Crippen LogP contribution in [0.2, 0.25) is 0 Å². The Balaban J connectivity index is 2.29. The monoisotopic (exact) mass is 348 g/mol. The fourth-order valence-corrected chi connectivity index (χ4v) is 2.17. The Bertz CT molecular complexity index is 483. The number of carbonyl (C=O) groups excluding carboxylic acids is 3. The molecule has 0 aromatic rings. The molecule has 1 fully saturated rings. The first-order chi connectivity index (χ1) is 11.2. The molecule has 0 bridgehead atoms. The Morgan fingerprint density at radius 1 is 1.04 bits per heavy atom. The van der Waals surface area contributed by atoms with E-state index in [1.807, 2.05) is 0 Å². The molecule has 0 aromatic carbocycles. The van der Waals surface area contributed by atoms with E-state index in [4.69, 9.17) is 0 Å². The second kappa shape index (κ2) is 9.34. The third-order valence-corrected chi connectivity index (χ3v) is 3.53. The van der Waals surface area contributed by atoms with Crippen molar-refractivity contribution in [2.75, 3.05) is 19.8 Å². The number of halogens is 2. The third kappa shape index (κ3) is 6.64. The molecule has 0 heterocycles. The van der Waals surface area contributed by atoms with Crippen molar-refractivity contribution in [1.29, 1.82) is 0 Å². The smallest absolute Gasteiger partial charge is 0.380 e. The first-order valence-electron chi connectivity index (χ1n) is 7.78. The lowest BCUT2D eigenvalue weighted by atomic mass is 9.89. The summed E-state index contributed by atoms with van der Waals surface area (Å²) in [5.74, 6) is -7.57. The number of ether oxygens (including phenoxy) is 3. The number of esters is 3. The van der Waals surface area contributed by atoms with Gasteiger partial charge in [0, 0.05) is 5.57 Å². The van der Waals surface area contributed by atoms with Gasteiger partial charge < -0.3 is 14.2 Å².